The molecule has 0 radical (unpaired) electrons. The summed E-state index contributed by atoms with van der Waals surface area (Å²) in [7, 11) is 4.48. The van der Waals surface area contributed by atoms with Gasteiger partial charge in [0.05, 0.1) is 25.8 Å². The molecule has 0 atom stereocenters. The highest BCUT2D eigenvalue weighted by molar-refractivity contribution is 9.10. The molecule has 20 heavy (non-hydrogen) atoms. The summed E-state index contributed by atoms with van der Waals surface area (Å²) >= 11 is 3.38. The zero-order valence-electron chi connectivity index (χ0n) is 11.1. The number of methoxy groups -OCH3 is 3. The molecule has 1 heterocycles. The van der Waals surface area contributed by atoms with E-state index in [4.69, 9.17) is 18.9 Å². The van der Waals surface area contributed by atoms with Crippen molar-refractivity contribution in [2.24, 2.45) is 0 Å². The van der Waals surface area contributed by atoms with E-state index in [1.54, 1.807) is 25.3 Å². The summed E-state index contributed by atoms with van der Waals surface area (Å²) in [5, 5.41) is 0. The Morgan fingerprint density at radius 3 is 1.95 bits per heavy atom. The Kier molecular flexibility index (Phi) is 4.57. The Balaban J connectivity index is 2.29. The molecule has 0 aliphatic carbocycles. The van der Waals surface area contributed by atoms with Crippen LogP contribution >= 0.6 is 15.9 Å². The van der Waals surface area contributed by atoms with Gasteiger partial charge in [-0.25, -0.2) is 0 Å². The number of benzene rings is 1. The van der Waals surface area contributed by atoms with Crippen molar-refractivity contribution < 1.29 is 18.9 Å². The van der Waals surface area contributed by atoms with Gasteiger partial charge in [-0.2, -0.15) is 0 Å². The lowest BCUT2D eigenvalue weighted by atomic mass is 10.3. The number of hydrogen-bond donors (Lipinski definition) is 0. The van der Waals surface area contributed by atoms with E-state index in [1.807, 2.05) is 0 Å². The molecule has 1 aromatic heterocycles. The molecule has 106 valence electrons. The van der Waals surface area contributed by atoms with E-state index in [0.29, 0.717) is 16.0 Å². The van der Waals surface area contributed by atoms with Crippen LogP contribution in [0.1, 0.15) is 0 Å². The van der Waals surface area contributed by atoms with Crippen LogP contribution in [-0.4, -0.2) is 36.3 Å². The van der Waals surface area contributed by atoms with Crippen LogP contribution in [0.4, 0.5) is 0 Å². The van der Waals surface area contributed by atoms with Crippen molar-refractivity contribution in [1.29, 1.82) is 0 Å². The van der Waals surface area contributed by atoms with Crippen LogP contribution < -0.4 is 18.9 Å². The second kappa shape index (κ2) is 6.38. The van der Waals surface area contributed by atoms with E-state index < -0.39 is 0 Å². The van der Waals surface area contributed by atoms with Crippen LogP contribution in [0, 0.1) is 0 Å². The molecular formula is C12H12BrN3O4. The van der Waals surface area contributed by atoms with Crippen molar-refractivity contribution >= 4 is 15.9 Å². The molecule has 2 rings (SSSR count). The lowest BCUT2D eigenvalue weighted by molar-refractivity contribution is 0.320. The molecule has 2 aromatic rings. The quantitative estimate of drug-likeness (QED) is 0.826. The Morgan fingerprint density at radius 1 is 0.850 bits per heavy atom. The van der Waals surface area contributed by atoms with Gasteiger partial charge in [0.25, 0.3) is 0 Å². The van der Waals surface area contributed by atoms with Crippen molar-refractivity contribution in [3.05, 3.63) is 22.7 Å². The lowest BCUT2D eigenvalue weighted by Gasteiger charge is -2.08. The van der Waals surface area contributed by atoms with Crippen molar-refractivity contribution in [2.45, 2.75) is 0 Å². The fraction of sp³-hybridized carbons (Fsp3) is 0.250. The number of rotatable bonds is 5. The smallest absolute Gasteiger partial charge is 0.331 e. The molecule has 0 bridgehead atoms. The minimum atomic E-state index is 0.0690. The average Bonchev–Trinajstić information content (AvgIpc) is 2.48. The molecule has 0 amide bonds. The Bertz CT molecular complexity index is 587. The highest BCUT2D eigenvalue weighted by Gasteiger charge is 2.11. The van der Waals surface area contributed by atoms with Crippen LogP contribution in [-0.2, 0) is 0 Å². The summed E-state index contributed by atoms with van der Waals surface area (Å²) in [6.45, 7) is 0. The second-order valence-corrected chi connectivity index (χ2v) is 4.34. The van der Waals surface area contributed by atoms with Gasteiger partial charge in [-0.3, -0.25) is 0 Å². The number of nitrogens with zero attached hydrogens (tertiary/aromatic N) is 3. The first-order valence-corrected chi connectivity index (χ1v) is 6.31. The van der Waals surface area contributed by atoms with Crippen LogP contribution in [0.3, 0.4) is 0 Å². The van der Waals surface area contributed by atoms with Gasteiger partial charge in [0.15, 0.2) is 0 Å². The van der Waals surface area contributed by atoms with Crippen molar-refractivity contribution in [3.8, 4) is 29.5 Å². The van der Waals surface area contributed by atoms with Crippen LogP contribution in [0.15, 0.2) is 22.7 Å². The molecule has 8 heteroatoms. The highest BCUT2D eigenvalue weighted by Crippen LogP contribution is 2.32. The molecule has 0 unspecified atom stereocenters. The van der Waals surface area contributed by atoms with Crippen molar-refractivity contribution in [2.75, 3.05) is 21.3 Å². The summed E-state index contributed by atoms with van der Waals surface area (Å²) in [6, 6.07) is 5.54. The Hall–Kier alpha value is -2.09. The third-order valence-corrected chi connectivity index (χ3v) is 2.90. The SMILES string of the molecule is COc1ccc(Oc2nc(OC)nc(OC)n2)c(Br)c1. The Labute approximate surface area is 124 Å². The summed E-state index contributed by atoms with van der Waals surface area (Å²) in [6.07, 6.45) is 0. The molecule has 0 saturated heterocycles. The zero-order valence-corrected chi connectivity index (χ0v) is 12.7. The normalized spacial score (nSPS) is 10.0. The largest absolute Gasteiger partial charge is 0.497 e. The third-order valence-electron chi connectivity index (χ3n) is 2.28. The minimum Gasteiger partial charge on any atom is -0.497 e. The van der Waals surface area contributed by atoms with Gasteiger partial charge < -0.3 is 18.9 Å². The standard InChI is InChI=1S/C12H12BrN3O4/c1-17-7-4-5-9(8(13)6-7)20-12-15-10(18-2)14-11(16-12)19-3/h4-6H,1-3H3. The first-order chi connectivity index (χ1) is 9.66. The van der Waals surface area contributed by atoms with E-state index in [2.05, 4.69) is 30.9 Å². The summed E-state index contributed by atoms with van der Waals surface area (Å²) in [5.41, 5.74) is 0. The van der Waals surface area contributed by atoms with Crippen LogP contribution in [0.2, 0.25) is 0 Å². The highest BCUT2D eigenvalue weighted by atomic mass is 79.9. The molecule has 0 saturated carbocycles. The molecule has 7 nitrogen and oxygen atoms in total. The van der Waals surface area contributed by atoms with Crippen molar-refractivity contribution in [3.63, 3.8) is 0 Å². The molecule has 0 aliphatic heterocycles. The molecule has 0 N–H and O–H groups in total. The number of aromatic nitrogens is 3. The van der Waals surface area contributed by atoms with Gasteiger partial charge in [-0.1, -0.05) is 0 Å². The number of ether oxygens (including phenoxy) is 4. The Morgan fingerprint density at radius 2 is 1.45 bits per heavy atom. The third kappa shape index (κ3) is 3.27. The number of hydrogen-bond acceptors (Lipinski definition) is 7. The number of halogens is 1. The second-order valence-electron chi connectivity index (χ2n) is 3.49. The van der Waals surface area contributed by atoms with Crippen LogP contribution in [0.5, 0.6) is 29.5 Å². The van der Waals surface area contributed by atoms with Gasteiger partial charge in [-0.15, -0.1) is 15.0 Å². The predicted molar refractivity (Wildman–Crippen MR) is 73.7 cm³/mol. The van der Waals surface area contributed by atoms with E-state index in [-0.39, 0.29) is 18.0 Å². The minimum absolute atomic E-state index is 0.0690. The molecule has 0 fully saturated rings. The summed E-state index contributed by atoms with van der Waals surface area (Å²) in [4.78, 5) is 11.8. The van der Waals surface area contributed by atoms with Crippen molar-refractivity contribution in [1.82, 2.24) is 15.0 Å². The maximum atomic E-state index is 5.57. The average molecular weight is 342 g/mol. The van der Waals surface area contributed by atoms with E-state index in [9.17, 15) is 0 Å². The van der Waals surface area contributed by atoms with Gasteiger partial charge in [-0.05, 0) is 34.1 Å². The fourth-order valence-electron chi connectivity index (χ4n) is 1.34. The van der Waals surface area contributed by atoms with Gasteiger partial charge in [0.2, 0.25) is 0 Å². The molecular weight excluding hydrogens is 330 g/mol. The molecule has 1 aromatic carbocycles. The van der Waals surface area contributed by atoms with Gasteiger partial charge in [0.1, 0.15) is 11.5 Å². The molecule has 0 aliphatic rings. The first-order valence-electron chi connectivity index (χ1n) is 5.51. The maximum absolute atomic E-state index is 5.57. The first kappa shape index (κ1) is 14.3. The van der Waals surface area contributed by atoms with E-state index >= 15 is 0 Å². The topological polar surface area (TPSA) is 75.6 Å². The van der Waals surface area contributed by atoms with E-state index in [0.717, 1.165) is 0 Å². The summed E-state index contributed by atoms with van der Waals surface area (Å²) < 4.78 is 21.3. The monoisotopic (exact) mass is 341 g/mol. The van der Waals surface area contributed by atoms with Gasteiger partial charge in [0, 0.05) is 0 Å². The fourth-order valence-corrected chi connectivity index (χ4v) is 1.78. The zero-order chi connectivity index (χ0) is 14.5. The lowest BCUT2D eigenvalue weighted by Crippen LogP contribution is -2.01. The predicted octanol–water partition coefficient (Wildman–Crippen LogP) is 2.45. The van der Waals surface area contributed by atoms with E-state index in [1.165, 1.54) is 14.2 Å². The molecule has 0 spiro atoms. The van der Waals surface area contributed by atoms with Crippen LogP contribution in [0.25, 0.3) is 0 Å². The maximum Gasteiger partial charge on any atom is 0.331 e. The van der Waals surface area contributed by atoms with Gasteiger partial charge >= 0.3 is 18.0 Å². The summed E-state index contributed by atoms with van der Waals surface area (Å²) in [5.74, 6) is 1.23.